The average molecular weight is 293 g/mol. The summed E-state index contributed by atoms with van der Waals surface area (Å²) in [6, 6.07) is 3.64. The van der Waals surface area contributed by atoms with E-state index in [-0.39, 0.29) is 0 Å². The van der Waals surface area contributed by atoms with Crippen LogP contribution in [0.4, 0.5) is 18.9 Å². The van der Waals surface area contributed by atoms with Gasteiger partial charge in [0.25, 0.3) is 0 Å². The minimum absolute atomic E-state index is 0.398. The summed E-state index contributed by atoms with van der Waals surface area (Å²) in [6.07, 6.45) is -5.00. The van der Waals surface area contributed by atoms with Crippen molar-refractivity contribution in [2.75, 3.05) is 6.61 Å². The first-order chi connectivity index (χ1) is 9.12. The number of ether oxygens (including phenoxy) is 1. The highest BCUT2D eigenvalue weighted by atomic mass is 19.4. The van der Waals surface area contributed by atoms with Crippen molar-refractivity contribution in [2.24, 2.45) is 5.92 Å². The Morgan fingerprint density at radius 3 is 2.55 bits per heavy atom. The molecule has 0 fully saturated rings. The van der Waals surface area contributed by atoms with E-state index < -0.39 is 41.0 Å². The molecule has 6 nitrogen and oxygen atoms in total. The van der Waals surface area contributed by atoms with Gasteiger partial charge < -0.3 is 9.84 Å². The maximum absolute atomic E-state index is 12.4. The van der Waals surface area contributed by atoms with Gasteiger partial charge >= 0.3 is 17.8 Å². The lowest BCUT2D eigenvalue weighted by Gasteiger charge is -2.16. The zero-order valence-corrected chi connectivity index (χ0v) is 10.2. The van der Waals surface area contributed by atoms with E-state index in [0.29, 0.717) is 5.56 Å². The normalized spacial score (nSPS) is 12.8. The molecule has 0 aliphatic carbocycles. The number of alkyl halides is 3. The Bertz CT molecular complexity index is 529. The van der Waals surface area contributed by atoms with E-state index in [1.807, 2.05) is 0 Å². The highest BCUT2D eigenvalue weighted by molar-refractivity contribution is 5.71. The van der Waals surface area contributed by atoms with Crippen molar-refractivity contribution < 1.29 is 32.7 Å². The number of hydrogen-bond donors (Lipinski definition) is 1. The molecule has 1 atom stereocenters. The Hall–Kier alpha value is -2.32. The van der Waals surface area contributed by atoms with Crippen molar-refractivity contribution in [1.29, 1.82) is 0 Å². The zero-order chi connectivity index (χ0) is 15.5. The summed E-state index contributed by atoms with van der Waals surface area (Å²) >= 11 is 0. The van der Waals surface area contributed by atoms with Crippen molar-refractivity contribution in [3.05, 3.63) is 33.9 Å². The van der Waals surface area contributed by atoms with E-state index in [1.165, 1.54) is 12.1 Å². The van der Waals surface area contributed by atoms with Gasteiger partial charge in [-0.1, -0.05) is 6.07 Å². The second kappa shape index (κ2) is 5.76. The van der Waals surface area contributed by atoms with Crippen LogP contribution in [0.25, 0.3) is 0 Å². The molecule has 0 saturated carbocycles. The van der Waals surface area contributed by atoms with Crippen LogP contribution in [-0.2, 0) is 4.79 Å². The molecule has 1 unspecified atom stereocenters. The molecule has 110 valence electrons. The van der Waals surface area contributed by atoms with Gasteiger partial charge in [0.1, 0.15) is 6.61 Å². The highest BCUT2D eigenvalue weighted by Crippen LogP contribution is 2.31. The number of carbonyl (C=O) groups is 1. The molecule has 9 heteroatoms. The summed E-state index contributed by atoms with van der Waals surface area (Å²) in [5.41, 5.74) is 0.00592. The van der Waals surface area contributed by atoms with Crippen LogP contribution in [-0.4, -0.2) is 28.8 Å². The summed E-state index contributed by atoms with van der Waals surface area (Å²) in [5, 5.41) is 19.2. The number of carboxylic acid groups (broad SMARTS) is 1. The van der Waals surface area contributed by atoms with Gasteiger partial charge in [-0.15, -0.1) is 0 Å². The summed E-state index contributed by atoms with van der Waals surface area (Å²) < 4.78 is 41.9. The molecule has 0 aliphatic rings. The lowest BCUT2D eigenvalue weighted by Crippen LogP contribution is -2.35. The van der Waals surface area contributed by atoms with Crippen LogP contribution >= 0.6 is 0 Å². The van der Waals surface area contributed by atoms with Crippen LogP contribution < -0.4 is 4.74 Å². The Balaban J connectivity index is 2.96. The fourth-order valence-corrected chi connectivity index (χ4v) is 1.37. The monoisotopic (exact) mass is 293 g/mol. The number of hydrogen-bond acceptors (Lipinski definition) is 4. The Morgan fingerprint density at radius 1 is 1.50 bits per heavy atom. The van der Waals surface area contributed by atoms with Crippen molar-refractivity contribution in [3.63, 3.8) is 0 Å². The summed E-state index contributed by atoms with van der Waals surface area (Å²) in [6.45, 7) is 0.331. The smallest absolute Gasteiger partial charge is 0.405 e. The van der Waals surface area contributed by atoms with Gasteiger partial charge in [-0.05, 0) is 18.6 Å². The number of aliphatic carboxylic acids is 1. The molecule has 0 aromatic heterocycles. The first-order valence-electron chi connectivity index (χ1n) is 5.30. The zero-order valence-electron chi connectivity index (χ0n) is 10.2. The number of nitro benzene ring substituents is 1. The van der Waals surface area contributed by atoms with Crippen molar-refractivity contribution >= 4 is 11.7 Å². The molecule has 1 aromatic rings. The largest absolute Gasteiger partial charge is 0.486 e. The second-order valence-corrected chi connectivity index (χ2v) is 3.97. The molecule has 20 heavy (non-hydrogen) atoms. The molecular formula is C11H10F3NO5. The quantitative estimate of drug-likeness (QED) is 0.665. The van der Waals surface area contributed by atoms with Gasteiger partial charge in [0.15, 0.2) is 11.7 Å². The molecule has 0 heterocycles. The van der Waals surface area contributed by atoms with E-state index in [9.17, 15) is 28.1 Å². The topological polar surface area (TPSA) is 89.7 Å². The van der Waals surface area contributed by atoms with Crippen molar-refractivity contribution in [1.82, 2.24) is 0 Å². The van der Waals surface area contributed by atoms with Crippen molar-refractivity contribution in [2.45, 2.75) is 13.1 Å². The molecule has 0 saturated heterocycles. The van der Waals surface area contributed by atoms with E-state index in [4.69, 9.17) is 5.11 Å². The predicted octanol–water partition coefficient (Wildman–Crippen LogP) is 2.55. The van der Waals surface area contributed by atoms with Gasteiger partial charge in [-0.3, -0.25) is 14.9 Å². The fraction of sp³-hybridized carbons (Fsp3) is 0.364. The highest BCUT2D eigenvalue weighted by Gasteiger charge is 2.46. The van der Waals surface area contributed by atoms with Crippen LogP contribution in [0.15, 0.2) is 18.2 Å². The van der Waals surface area contributed by atoms with Gasteiger partial charge in [-0.2, -0.15) is 13.2 Å². The lowest BCUT2D eigenvalue weighted by molar-refractivity contribution is -0.386. The maximum atomic E-state index is 12.4. The minimum Gasteiger partial charge on any atom is -0.486 e. The molecule has 0 radical (unpaired) electrons. The third-order valence-corrected chi connectivity index (χ3v) is 2.41. The summed E-state index contributed by atoms with van der Waals surface area (Å²) in [5.74, 6) is -5.25. The van der Waals surface area contributed by atoms with Gasteiger partial charge in [0, 0.05) is 6.07 Å². The number of nitro groups is 1. The molecular weight excluding hydrogens is 283 g/mol. The SMILES string of the molecule is Cc1ccc([N+](=O)[O-])c(OCC(C(=O)O)C(F)(F)F)c1. The molecule has 0 aliphatic heterocycles. The Morgan fingerprint density at radius 2 is 2.10 bits per heavy atom. The Kier molecular flexibility index (Phi) is 4.53. The number of halogens is 3. The number of nitrogens with zero attached hydrogens (tertiary/aromatic N) is 1. The van der Waals surface area contributed by atoms with E-state index >= 15 is 0 Å². The molecule has 0 bridgehead atoms. The second-order valence-electron chi connectivity index (χ2n) is 3.97. The van der Waals surface area contributed by atoms with Gasteiger partial charge in [-0.25, -0.2) is 0 Å². The van der Waals surface area contributed by atoms with Crippen LogP contribution in [0.1, 0.15) is 5.56 Å². The molecule has 1 rings (SSSR count). The number of rotatable bonds is 5. The Labute approximate surface area is 110 Å². The van der Waals surface area contributed by atoms with Crippen LogP contribution in [0.2, 0.25) is 0 Å². The molecule has 0 amide bonds. The van der Waals surface area contributed by atoms with Gasteiger partial charge in [0.2, 0.25) is 0 Å². The molecule has 1 N–H and O–H groups in total. The molecule has 0 spiro atoms. The standard InChI is InChI=1S/C11H10F3NO5/c1-6-2-3-8(15(18)19)9(4-6)20-5-7(10(16)17)11(12,13)14/h2-4,7H,5H2,1H3,(H,16,17). The van der Waals surface area contributed by atoms with Crippen LogP contribution in [0, 0.1) is 23.0 Å². The first-order valence-corrected chi connectivity index (χ1v) is 5.30. The third kappa shape index (κ3) is 3.84. The van der Waals surface area contributed by atoms with Crippen LogP contribution in [0.3, 0.4) is 0 Å². The van der Waals surface area contributed by atoms with E-state index in [2.05, 4.69) is 4.74 Å². The van der Waals surface area contributed by atoms with Crippen molar-refractivity contribution in [3.8, 4) is 5.75 Å². The number of carboxylic acids is 1. The number of aryl methyl sites for hydroxylation is 1. The third-order valence-electron chi connectivity index (χ3n) is 2.41. The van der Waals surface area contributed by atoms with E-state index in [1.54, 1.807) is 6.92 Å². The minimum atomic E-state index is -5.00. The van der Waals surface area contributed by atoms with E-state index in [0.717, 1.165) is 6.07 Å². The summed E-state index contributed by atoms with van der Waals surface area (Å²) in [7, 11) is 0. The lowest BCUT2D eigenvalue weighted by atomic mass is 10.1. The fourth-order valence-electron chi connectivity index (χ4n) is 1.37. The maximum Gasteiger partial charge on any atom is 0.405 e. The predicted molar refractivity (Wildman–Crippen MR) is 60.5 cm³/mol. The summed E-state index contributed by atoms with van der Waals surface area (Å²) in [4.78, 5) is 20.4. The first kappa shape index (κ1) is 15.7. The van der Waals surface area contributed by atoms with Gasteiger partial charge in [0.05, 0.1) is 4.92 Å². The average Bonchev–Trinajstić information content (AvgIpc) is 2.26. The van der Waals surface area contributed by atoms with Crippen LogP contribution in [0.5, 0.6) is 5.75 Å². The number of benzene rings is 1. The molecule has 1 aromatic carbocycles.